The Morgan fingerprint density at radius 1 is 0.750 bits per heavy atom. The third kappa shape index (κ3) is 2.78. The molecule has 0 radical (unpaired) electrons. The lowest BCUT2D eigenvalue weighted by Gasteiger charge is -2.23. The highest BCUT2D eigenvalue weighted by molar-refractivity contribution is 5.76. The van der Waals surface area contributed by atoms with E-state index in [2.05, 4.69) is 0 Å². The fourth-order valence-electron chi connectivity index (χ4n) is 2.44. The molecule has 4 atom stereocenters. The molecule has 2 heterocycles. The highest BCUT2D eigenvalue weighted by Crippen LogP contribution is 2.38. The maximum absolute atomic E-state index is 11.2. The molecule has 0 saturated carbocycles. The van der Waals surface area contributed by atoms with Crippen LogP contribution in [0.5, 0.6) is 0 Å². The average Bonchev–Trinajstić information content (AvgIpc) is 2.75. The van der Waals surface area contributed by atoms with Gasteiger partial charge in [0.25, 0.3) is 0 Å². The summed E-state index contributed by atoms with van der Waals surface area (Å²) in [6, 6.07) is 0. The van der Waals surface area contributed by atoms with Gasteiger partial charge >= 0.3 is 11.9 Å². The Bertz CT molecular complexity index is 389. The highest BCUT2D eigenvalue weighted by Gasteiger charge is 2.57. The third-order valence-electron chi connectivity index (χ3n) is 3.07. The molecular weight excluding hydrogens is 272 g/mol. The van der Waals surface area contributed by atoms with Gasteiger partial charge in [0.1, 0.15) is 12.2 Å². The van der Waals surface area contributed by atoms with E-state index in [1.54, 1.807) is 27.7 Å². The van der Waals surface area contributed by atoms with Gasteiger partial charge in [0.05, 0.1) is 0 Å². The summed E-state index contributed by atoms with van der Waals surface area (Å²) in [5.74, 6) is -4.74. The molecule has 0 aromatic rings. The molecule has 2 saturated heterocycles. The predicted octanol–water partition coefficient (Wildman–Crippen LogP) is 0.196. The van der Waals surface area contributed by atoms with E-state index in [-0.39, 0.29) is 0 Å². The third-order valence-corrected chi connectivity index (χ3v) is 3.07. The molecule has 2 aliphatic rings. The van der Waals surface area contributed by atoms with Crippen LogP contribution in [0.4, 0.5) is 0 Å². The molecule has 8 heteroatoms. The Kier molecular flexibility index (Phi) is 3.53. The minimum absolute atomic E-state index is 1.06. The van der Waals surface area contributed by atoms with Crippen molar-refractivity contribution in [2.75, 3.05) is 0 Å². The van der Waals surface area contributed by atoms with E-state index in [0.717, 1.165) is 0 Å². The topological polar surface area (TPSA) is 112 Å². The molecule has 0 spiro atoms. The highest BCUT2D eigenvalue weighted by atomic mass is 16.8. The zero-order chi connectivity index (χ0) is 15.3. The molecule has 8 nitrogen and oxygen atoms in total. The number of carbonyl (C=O) groups is 2. The van der Waals surface area contributed by atoms with Crippen molar-refractivity contribution in [3.8, 4) is 0 Å². The Morgan fingerprint density at radius 3 is 1.30 bits per heavy atom. The van der Waals surface area contributed by atoms with Crippen molar-refractivity contribution in [1.82, 2.24) is 0 Å². The first-order valence-corrected chi connectivity index (χ1v) is 6.19. The zero-order valence-corrected chi connectivity index (χ0v) is 11.7. The number of carboxylic acids is 2. The van der Waals surface area contributed by atoms with Crippen molar-refractivity contribution in [2.24, 2.45) is 0 Å². The van der Waals surface area contributed by atoms with Gasteiger partial charge in [0.15, 0.2) is 23.8 Å². The number of ether oxygens (including phenoxy) is 4. The van der Waals surface area contributed by atoms with Crippen LogP contribution < -0.4 is 0 Å². The second kappa shape index (κ2) is 4.66. The number of hydrogen-bond acceptors (Lipinski definition) is 6. The maximum atomic E-state index is 11.2. The summed E-state index contributed by atoms with van der Waals surface area (Å²) in [7, 11) is 0. The van der Waals surface area contributed by atoms with Crippen molar-refractivity contribution in [1.29, 1.82) is 0 Å². The van der Waals surface area contributed by atoms with Crippen LogP contribution in [-0.2, 0) is 28.5 Å². The quantitative estimate of drug-likeness (QED) is 0.758. The molecule has 20 heavy (non-hydrogen) atoms. The monoisotopic (exact) mass is 290 g/mol. The summed E-state index contributed by atoms with van der Waals surface area (Å²) in [6.45, 7) is 6.22. The first-order chi connectivity index (χ1) is 9.02. The Hall–Kier alpha value is -1.22. The Balaban J connectivity index is 2.28. The van der Waals surface area contributed by atoms with Crippen LogP contribution in [0.3, 0.4) is 0 Å². The molecule has 114 valence electrons. The minimum atomic E-state index is -1.31. The number of rotatable bonds is 3. The number of aliphatic carboxylic acids is 2. The smallest absolute Gasteiger partial charge is 0.335 e. The largest absolute Gasteiger partial charge is 0.479 e. The van der Waals surface area contributed by atoms with Gasteiger partial charge in [-0.15, -0.1) is 0 Å². The van der Waals surface area contributed by atoms with E-state index in [1.165, 1.54) is 0 Å². The van der Waals surface area contributed by atoms with Gasteiger partial charge in [-0.05, 0) is 27.7 Å². The van der Waals surface area contributed by atoms with Crippen LogP contribution in [0.1, 0.15) is 27.7 Å². The summed E-state index contributed by atoms with van der Waals surface area (Å²) in [5, 5.41) is 18.4. The second-order valence-electron chi connectivity index (χ2n) is 5.72. The normalized spacial score (nSPS) is 38.8. The zero-order valence-electron chi connectivity index (χ0n) is 11.7. The van der Waals surface area contributed by atoms with Crippen LogP contribution in [-0.4, -0.2) is 58.1 Å². The fourth-order valence-corrected chi connectivity index (χ4v) is 2.44. The summed E-state index contributed by atoms with van der Waals surface area (Å²) in [6.07, 6.45) is -4.75. The molecule has 0 aromatic heterocycles. The lowest BCUT2D eigenvalue weighted by atomic mass is 10.0. The molecule has 0 aromatic carbocycles. The molecule has 2 N–H and O–H groups in total. The van der Waals surface area contributed by atoms with Crippen LogP contribution in [0.15, 0.2) is 0 Å². The van der Waals surface area contributed by atoms with Crippen molar-refractivity contribution in [2.45, 2.75) is 63.7 Å². The lowest BCUT2D eigenvalue weighted by Crippen LogP contribution is -2.47. The van der Waals surface area contributed by atoms with E-state index < -0.39 is 47.9 Å². The van der Waals surface area contributed by atoms with Gasteiger partial charge in [-0.2, -0.15) is 0 Å². The van der Waals surface area contributed by atoms with E-state index in [4.69, 9.17) is 18.9 Å². The molecule has 2 rings (SSSR count). The first kappa shape index (κ1) is 15.2. The fraction of sp³-hybridized carbons (Fsp3) is 0.833. The molecule has 0 aliphatic carbocycles. The number of carboxylic acid groups (broad SMARTS) is 2. The van der Waals surface area contributed by atoms with Gasteiger partial charge in [-0.25, -0.2) is 9.59 Å². The van der Waals surface area contributed by atoms with Gasteiger partial charge in [0.2, 0.25) is 0 Å². The average molecular weight is 290 g/mol. The Labute approximate surface area is 115 Å². The van der Waals surface area contributed by atoms with Crippen LogP contribution in [0.2, 0.25) is 0 Å². The van der Waals surface area contributed by atoms with Crippen molar-refractivity contribution in [3.05, 3.63) is 0 Å². The molecule has 2 fully saturated rings. The predicted molar refractivity (Wildman–Crippen MR) is 62.9 cm³/mol. The molecule has 2 aliphatic heterocycles. The van der Waals surface area contributed by atoms with Crippen molar-refractivity contribution >= 4 is 11.9 Å². The molecule has 2 unspecified atom stereocenters. The van der Waals surface area contributed by atoms with Crippen LogP contribution in [0.25, 0.3) is 0 Å². The summed E-state index contributed by atoms with van der Waals surface area (Å²) in [5.41, 5.74) is 0. The molecule has 0 amide bonds. The standard InChI is InChI=1S/C12H18O8/c1-11(2)17-5(7(19-11)9(13)14)6-8(10(15)16)20-12(3,4)18-6/h5-8H,1-4H3,(H,13,14)(H,15,16)/t5?,6?,7-,8+. The first-order valence-electron chi connectivity index (χ1n) is 6.19. The lowest BCUT2D eigenvalue weighted by molar-refractivity contribution is -0.176. The van der Waals surface area contributed by atoms with Gasteiger partial charge in [0, 0.05) is 0 Å². The van der Waals surface area contributed by atoms with E-state index >= 15 is 0 Å². The van der Waals surface area contributed by atoms with Gasteiger partial charge < -0.3 is 29.2 Å². The van der Waals surface area contributed by atoms with E-state index in [9.17, 15) is 19.8 Å². The van der Waals surface area contributed by atoms with Gasteiger partial charge in [-0.1, -0.05) is 0 Å². The molecule has 0 bridgehead atoms. The second-order valence-corrected chi connectivity index (χ2v) is 5.72. The maximum Gasteiger partial charge on any atom is 0.335 e. The minimum Gasteiger partial charge on any atom is -0.479 e. The summed E-state index contributed by atoms with van der Waals surface area (Å²) in [4.78, 5) is 22.5. The van der Waals surface area contributed by atoms with E-state index in [1.807, 2.05) is 0 Å². The van der Waals surface area contributed by atoms with Crippen LogP contribution >= 0.6 is 0 Å². The SMILES string of the molecule is CC1(C)OC(C2OC(C)(C)O[C@H]2C(=O)O)[C@@H](C(=O)O)O1. The summed E-state index contributed by atoms with van der Waals surface area (Å²) < 4.78 is 21.6. The van der Waals surface area contributed by atoms with Crippen molar-refractivity contribution in [3.63, 3.8) is 0 Å². The van der Waals surface area contributed by atoms with Gasteiger partial charge in [-0.3, -0.25) is 0 Å². The van der Waals surface area contributed by atoms with E-state index in [0.29, 0.717) is 0 Å². The molecular formula is C12H18O8. The Morgan fingerprint density at radius 2 is 1.05 bits per heavy atom. The number of hydrogen-bond donors (Lipinski definition) is 2. The van der Waals surface area contributed by atoms with Crippen LogP contribution in [0, 0.1) is 0 Å². The summed E-state index contributed by atoms with van der Waals surface area (Å²) >= 11 is 0. The van der Waals surface area contributed by atoms with Crippen molar-refractivity contribution < 1.29 is 38.7 Å².